The Bertz CT molecular complexity index is 593. The van der Waals surface area contributed by atoms with Crippen LogP contribution >= 0.6 is 0 Å². The van der Waals surface area contributed by atoms with Crippen LogP contribution < -0.4 is 5.32 Å². The maximum Gasteiger partial charge on any atom is 0.326 e. The first-order valence-electron chi connectivity index (χ1n) is 5.20. The Morgan fingerprint density at radius 1 is 1.39 bits per heavy atom. The van der Waals surface area contributed by atoms with Gasteiger partial charge in [-0.05, 0) is 18.2 Å². The number of nitrogens with one attached hydrogen (secondary N) is 2. The molecule has 0 amide bonds. The Kier molecular flexibility index (Phi) is 3.13. The topological polar surface area (TPSA) is 115 Å². The van der Waals surface area contributed by atoms with E-state index in [1.165, 1.54) is 0 Å². The van der Waals surface area contributed by atoms with Crippen molar-refractivity contribution in [2.24, 2.45) is 0 Å². The van der Waals surface area contributed by atoms with Crippen LogP contribution in [0.1, 0.15) is 6.42 Å². The lowest BCUT2D eigenvalue weighted by atomic mass is 10.1. The van der Waals surface area contributed by atoms with Crippen molar-refractivity contribution in [3.8, 4) is 0 Å². The van der Waals surface area contributed by atoms with Crippen molar-refractivity contribution in [3.05, 3.63) is 24.4 Å². The summed E-state index contributed by atoms with van der Waals surface area (Å²) in [6.45, 7) is 0. The summed E-state index contributed by atoms with van der Waals surface area (Å²) in [7, 11) is 0. The van der Waals surface area contributed by atoms with Crippen LogP contribution in [0, 0.1) is 0 Å². The minimum atomic E-state index is -1.20. The normalized spacial score (nSPS) is 12.2. The van der Waals surface area contributed by atoms with Gasteiger partial charge < -0.3 is 15.5 Å². The van der Waals surface area contributed by atoms with E-state index in [0.717, 1.165) is 10.9 Å². The molecule has 1 atom stereocenters. The molecule has 1 unspecified atom stereocenters. The van der Waals surface area contributed by atoms with Gasteiger partial charge in [-0.1, -0.05) is 0 Å². The van der Waals surface area contributed by atoms with E-state index in [0.29, 0.717) is 5.69 Å². The Balaban J connectivity index is 2.19. The van der Waals surface area contributed by atoms with Gasteiger partial charge in [0.2, 0.25) is 0 Å². The van der Waals surface area contributed by atoms with Gasteiger partial charge in [0.1, 0.15) is 6.04 Å². The van der Waals surface area contributed by atoms with Gasteiger partial charge in [-0.25, -0.2) is 4.79 Å². The number of hydrogen-bond acceptors (Lipinski definition) is 4. The van der Waals surface area contributed by atoms with Crippen molar-refractivity contribution in [3.63, 3.8) is 0 Å². The molecular formula is C11H11N3O4. The third kappa shape index (κ3) is 2.57. The monoisotopic (exact) mass is 249 g/mol. The molecule has 0 aliphatic carbocycles. The number of benzene rings is 1. The highest BCUT2D eigenvalue weighted by Gasteiger charge is 2.20. The highest BCUT2D eigenvalue weighted by molar-refractivity contribution is 5.86. The van der Waals surface area contributed by atoms with Crippen LogP contribution in [0.15, 0.2) is 24.4 Å². The maximum atomic E-state index is 10.9. The molecule has 1 aromatic heterocycles. The highest BCUT2D eigenvalue weighted by Crippen LogP contribution is 2.18. The second-order valence-electron chi connectivity index (χ2n) is 3.81. The lowest BCUT2D eigenvalue weighted by molar-refractivity contribution is -0.144. The fourth-order valence-electron chi connectivity index (χ4n) is 1.61. The number of carboxylic acids is 2. The molecule has 1 heterocycles. The molecule has 4 N–H and O–H groups in total. The SMILES string of the molecule is O=C(O)CC(Nc1ccc2[nH]ncc2c1)C(=O)O. The second kappa shape index (κ2) is 4.74. The zero-order chi connectivity index (χ0) is 13.1. The third-order valence-electron chi connectivity index (χ3n) is 2.46. The van der Waals surface area contributed by atoms with E-state index >= 15 is 0 Å². The molecule has 94 valence electrons. The molecule has 0 spiro atoms. The predicted molar refractivity (Wildman–Crippen MR) is 63.4 cm³/mol. The van der Waals surface area contributed by atoms with Crippen molar-refractivity contribution >= 4 is 28.5 Å². The van der Waals surface area contributed by atoms with Gasteiger partial charge in [0.25, 0.3) is 0 Å². The van der Waals surface area contributed by atoms with E-state index in [-0.39, 0.29) is 0 Å². The number of aliphatic carboxylic acids is 2. The number of carboxylic acid groups (broad SMARTS) is 2. The van der Waals surface area contributed by atoms with E-state index in [1.807, 2.05) is 0 Å². The molecule has 18 heavy (non-hydrogen) atoms. The molecule has 0 saturated heterocycles. The van der Waals surface area contributed by atoms with Crippen molar-refractivity contribution in [1.82, 2.24) is 10.2 Å². The zero-order valence-corrected chi connectivity index (χ0v) is 9.25. The average molecular weight is 249 g/mol. The minimum absolute atomic E-state index is 0.487. The molecule has 2 aromatic rings. The molecule has 0 fully saturated rings. The highest BCUT2D eigenvalue weighted by atomic mass is 16.4. The van der Waals surface area contributed by atoms with Crippen molar-refractivity contribution in [1.29, 1.82) is 0 Å². The number of anilines is 1. The van der Waals surface area contributed by atoms with Crippen LogP contribution in [0.25, 0.3) is 10.9 Å². The van der Waals surface area contributed by atoms with Crippen LogP contribution in [0.4, 0.5) is 5.69 Å². The van der Waals surface area contributed by atoms with Crippen LogP contribution in [0.3, 0.4) is 0 Å². The summed E-state index contributed by atoms with van der Waals surface area (Å²) < 4.78 is 0. The van der Waals surface area contributed by atoms with Gasteiger partial charge in [0.15, 0.2) is 0 Å². The lowest BCUT2D eigenvalue weighted by Crippen LogP contribution is -2.31. The summed E-state index contributed by atoms with van der Waals surface area (Å²) >= 11 is 0. The zero-order valence-electron chi connectivity index (χ0n) is 9.25. The molecule has 0 radical (unpaired) electrons. The standard InChI is InChI=1S/C11H11N3O4/c15-10(16)4-9(11(17)18)13-7-1-2-8-6(3-7)5-12-14-8/h1-3,5,9,13H,4H2,(H,12,14)(H,15,16)(H,17,18). The van der Waals surface area contributed by atoms with Crippen LogP contribution in [-0.4, -0.2) is 38.4 Å². The van der Waals surface area contributed by atoms with Crippen LogP contribution in [0.2, 0.25) is 0 Å². The summed E-state index contributed by atoms with van der Waals surface area (Å²) in [4.78, 5) is 21.5. The minimum Gasteiger partial charge on any atom is -0.481 e. The fraction of sp³-hybridized carbons (Fsp3) is 0.182. The smallest absolute Gasteiger partial charge is 0.326 e. The molecule has 0 aliphatic rings. The van der Waals surface area contributed by atoms with Gasteiger partial charge in [0, 0.05) is 11.1 Å². The molecule has 2 rings (SSSR count). The summed E-state index contributed by atoms with van der Waals surface area (Å²) in [5, 5.41) is 27.6. The van der Waals surface area contributed by atoms with Gasteiger partial charge in [-0.2, -0.15) is 5.10 Å². The van der Waals surface area contributed by atoms with Gasteiger partial charge in [-0.3, -0.25) is 9.89 Å². The van der Waals surface area contributed by atoms with E-state index < -0.39 is 24.4 Å². The molecule has 0 saturated carbocycles. The van der Waals surface area contributed by atoms with Gasteiger partial charge in [0.05, 0.1) is 18.1 Å². The van der Waals surface area contributed by atoms with Crippen molar-refractivity contribution in [2.45, 2.75) is 12.5 Å². The number of fused-ring (bicyclic) bond motifs is 1. The number of aromatic amines is 1. The van der Waals surface area contributed by atoms with Gasteiger partial charge in [-0.15, -0.1) is 0 Å². The largest absolute Gasteiger partial charge is 0.481 e. The lowest BCUT2D eigenvalue weighted by Gasteiger charge is -2.13. The van der Waals surface area contributed by atoms with E-state index in [4.69, 9.17) is 10.2 Å². The van der Waals surface area contributed by atoms with Gasteiger partial charge >= 0.3 is 11.9 Å². The Morgan fingerprint density at radius 2 is 2.17 bits per heavy atom. The number of rotatable bonds is 5. The molecule has 0 bridgehead atoms. The number of nitrogens with zero attached hydrogens (tertiary/aromatic N) is 1. The molecule has 1 aromatic carbocycles. The fourth-order valence-corrected chi connectivity index (χ4v) is 1.61. The first-order chi connectivity index (χ1) is 8.56. The second-order valence-corrected chi connectivity index (χ2v) is 3.81. The number of H-pyrrole nitrogens is 1. The molecule has 7 nitrogen and oxygen atoms in total. The van der Waals surface area contributed by atoms with E-state index in [1.54, 1.807) is 24.4 Å². The molecule has 0 aliphatic heterocycles. The molecular weight excluding hydrogens is 238 g/mol. The van der Waals surface area contributed by atoms with E-state index in [9.17, 15) is 9.59 Å². The van der Waals surface area contributed by atoms with Crippen molar-refractivity contribution in [2.75, 3.05) is 5.32 Å². The van der Waals surface area contributed by atoms with Crippen LogP contribution in [0.5, 0.6) is 0 Å². The summed E-state index contributed by atoms with van der Waals surface area (Å²) in [5.41, 5.74) is 1.36. The maximum absolute atomic E-state index is 10.9. The first kappa shape index (κ1) is 11.9. The number of hydrogen-bond donors (Lipinski definition) is 4. The Labute approximate surface area is 101 Å². The third-order valence-corrected chi connectivity index (χ3v) is 2.46. The van der Waals surface area contributed by atoms with Crippen LogP contribution in [-0.2, 0) is 9.59 Å². The quantitative estimate of drug-likeness (QED) is 0.625. The summed E-state index contributed by atoms with van der Waals surface area (Å²) in [6, 6.07) is 3.95. The summed E-state index contributed by atoms with van der Waals surface area (Å²) in [5.74, 6) is -2.37. The predicted octanol–water partition coefficient (Wildman–Crippen LogP) is 0.903. The first-order valence-corrected chi connectivity index (χ1v) is 5.20. The average Bonchev–Trinajstić information content (AvgIpc) is 2.74. The number of aromatic nitrogens is 2. The van der Waals surface area contributed by atoms with E-state index in [2.05, 4.69) is 15.5 Å². The van der Waals surface area contributed by atoms with Crippen molar-refractivity contribution < 1.29 is 19.8 Å². The summed E-state index contributed by atoms with van der Waals surface area (Å²) in [6.07, 6.45) is 1.12. The molecule has 7 heteroatoms. The Morgan fingerprint density at radius 3 is 2.83 bits per heavy atom. The Hall–Kier alpha value is -2.57. The number of carbonyl (C=O) groups is 2.